The van der Waals surface area contributed by atoms with Gasteiger partial charge in [0.25, 0.3) is 0 Å². The molecule has 2 aromatic heterocycles. The van der Waals surface area contributed by atoms with Crippen LogP contribution in [-0.4, -0.2) is 24.2 Å². The molecule has 0 saturated heterocycles. The van der Waals surface area contributed by atoms with E-state index in [0.29, 0.717) is 23.5 Å². The highest BCUT2D eigenvalue weighted by Crippen LogP contribution is 2.30. The Morgan fingerprint density at radius 3 is 2.92 bits per heavy atom. The molecule has 0 saturated carbocycles. The van der Waals surface area contributed by atoms with Crippen molar-refractivity contribution in [2.75, 3.05) is 6.61 Å². The van der Waals surface area contributed by atoms with Gasteiger partial charge in [-0.25, -0.2) is 10.2 Å². The fraction of sp³-hybridized carbons (Fsp3) is 0.353. The number of aryl methyl sites for hydroxylation is 1. The molecular weight excluding hydrogens is 312 g/mol. The first kappa shape index (κ1) is 16.0. The molecule has 1 aliphatic rings. The van der Waals surface area contributed by atoms with Gasteiger partial charge < -0.3 is 13.6 Å². The van der Waals surface area contributed by atoms with Gasteiger partial charge >= 0.3 is 11.9 Å². The van der Waals surface area contributed by atoms with E-state index >= 15 is 0 Å². The van der Waals surface area contributed by atoms with Crippen LogP contribution in [0.15, 0.2) is 32.3 Å². The molecule has 2 aromatic rings. The van der Waals surface area contributed by atoms with Gasteiger partial charge in [-0.2, -0.15) is 5.10 Å². The number of carbonyl (C=O) groups is 2. The number of amides is 1. The Kier molecular flexibility index (Phi) is 4.50. The molecule has 0 aliphatic heterocycles. The number of nitrogens with zero attached hydrogens (tertiary/aromatic N) is 1. The normalized spacial score (nSPS) is 15.2. The van der Waals surface area contributed by atoms with E-state index in [1.165, 1.54) is 6.26 Å². The largest absolute Gasteiger partial charge is 0.460 e. The Morgan fingerprint density at radius 1 is 1.38 bits per heavy atom. The second-order valence-corrected chi connectivity index (χ2v) is 5.41. The number of rotatable bonds is 4. The molecule has 3 rings (SSSR count). The van der Waals surface area contributed by atoms with Crippen molar-refractivity contribution >= 4 is 17.6 Å². The van der Waals surface area contributed by atoms with Crippen molar-refractivity contribution in [2.45, 2.75) is 33.1 Å². The smallest absolute Gasteiger partial charge is 0.374 e. The molecule has 126 valence electrons. The van der Waals surface area contributed by atoms with E-state index in [4.69, 9.17) is 13.6 Å². The molecule has 0 spiro atoms. The van der Waals surface area contributed by atoms with E-state index < -0.39 is 11.9 Å². The van der Waals surface area contributed by atoms with Crippen molar-refractivity contribution in [2.24, 2.45) is 5.10 Å². The molecule has 24 heavy (non-hydrogen) atoms. The third-order valence-electron chi connectivity index (χ3n) is 3.82. The first-order chi connectivity index (χ1) is 11.6. The van der Waals surface area contributed by atoms with Gasteiger partial charge in [0.05, 0.1) is 18.6 Å². The molecule has 0 unspecified atom stereocenters. The first-order valence-electron chi connectivity index (χ1n) is 7.82. The topological polar surface area (TPSA) is 94.0 Å². The minimum absolute atomic E-state index is 0.187. The minimum Gasteiger partial charge on any atom is -0.460 e. The number of hydrogen-bond donors (Lipinski definition) is 1. The molecule has 7 heteroatoms. The summed E-state index contributed by atoms with van der Waals surface area (Å²) in [7, 11) is 0. The number of hydrazone groups is 1. The molecule has 1 amide bonds. The Bertz CT molecular complexity index is 786. The lowest BCUT2D eigenvalue weighted by atomic mass is 9.93. The lowest BCUT2D eigenvalue weighted by Crippen LogP contribution is -2.21. The van der Waals surface area contributed by atoms with Gasteiger partial charge in [0, 0.05) is 17.5 Å². The van der Waals surface area contributed by atoms with Crippen LogP contribution in [0.4, 0.5) is 0 Å². The third kappa shape index (κ3) is 2.97. The van der Waals surface area contributed by atoms with Crippen LogP contribution in [0.5, 0.6) is 0 Å². The maximum atomic E-state index is 12.0. The van der Waals surface area contributed by atoms with Crippen molar-refractivity contribution in [1.29, 1.82) is 0 Å². The molecule has 1 N–H and O–H groups in total. The molecule has 2 heterocycles. The number of fused-ring (bicyclic) bond motifs is 1. The summed E-state index contributed by atoms with van der Waals surface area (Å²) < 4.78 is 15.7. The standard InChI is InChI=1S/C17H18N2O5/c1-3-22-17(21)15-10(2)14-11(6-4-7-12(14)24-15)18-19-16(20)13-8-5-9-23-13/h5,8-9H,3-4,6-7H2,1-2H3,(H,19,20)/b18-11+. The Hall–Kier alpha value is -2.83. The summed E-state index contributed by atoms with van der Waals surface area (Å²) in [5.41, 5.74) is 4.64. The van der Waals surface area contributed by atoms with E-state index in [1.807, 2.05) is 0 Å². The summed E-state index contributed by atoms with van der Waals surface area (Å²) in [4.78, 5) is 23.9. The first-order valence-corrected chi connectivity index (χ1v) is 7.82. The van der Waals surface area contributed by atoms with Gasteiger partial charge in [-0.05, 0) is 38.8 Å². The zero-order chi connectivity index (χ0) is 17.1. The summed E-state index contributed by atoms with van der Waals surface area (Å²) in [6.45, 7) is 3.82. The van der Waals surface area contributed by atoms with E-state index in [0.717, 1.165) is 18.4 Å². The zero-order valence-electron chi connectivity index (χ0n) is 13.5. The average Bonchev–Trinajstić information content (AvgIpc) is 3.21. The predicted molar refractivity (Wildman–Crippen MR) is 85.1 cm³/mol. The van der Waals surface area contributed by atoms with Crippen LogP contribution in [0, 0.1) is 6.92 Å². The van der Waals surface area contributed by atoms with Gasteiger partial charge in [-0.15, -0.1) is 0 Å². The summed E-state index contributed by atoms with van der Waals surface area (Å²) >= 11 is 0. The van der Waals surface area contributed by atoms with Crippen molar-refractivity contribution in [1.82, 2.24) is 5.43 Å². The van der Waals surface area contributed by atoms with Crippen molar-refractivity contribution < 1.29 is 23.2 Å². The van der Waals surface area contributed by atoms with Gasteiger partial charge in [-0.3, -0.25) is 4.79 Å². The van der Waals surface area contributed by atoms with E-state index in [1.54, 1.807) is 26.0 Å². The minimum atomic E-state index is -0.483. The fourth-order valence-corrected chi connectivity index (χ4v) is 2.75. The molecule has 7 nitrogen and oxygen atoms in total. The van der Waals surface area contributed by atoms with Gasteiger partial charge in [-0.1, -0.05) is 0 Å². The summed E-state index contributed by atoms with van der Waals surface area (Å²) in [6.07, 6.45) is 3.67. The third-order valence-corrected chi connectivity index (χ3v) is 3.82. The Labute approximate surface area is 138 Å². The molecule has 0 atom stereocenters. The highest BCUT2D eigenvalue weighted by molar-refractivity contribution is 6.06. The molecule has 0 fully saturated rings. The van der Waals surface area contributed by atoms with Gasteiger partial charge in [0.2, 0.25) is 5.76 Å². The summed E-state index contributed by atoms with van der Waals surface area (Å²) in [5, 5.41) is 4.20. The van der Waals surface area contributed by atoms with Crippen molar-refractivity contribution in [3.63, 3.8) is 0 Å². The van der Waals surface area contributed by atoms with Crippen LogP contribution < -0.4 is 5.43 Å². The SMILES string of the molecule is CCOC(=O)c1oc2c(c1C)/C(=N/NC(=O)c1ccco1)CCC2. The number of carbonyl (C=O) groups excluding carboxylic acids is 2. The van der Waals surface area contributed by atoms with Crippen LogP contribution in [-0.2, 0) is 11.2 Å². The second-order valence-electron chi connectivity index (χ2n) is 5.41. The number of ether oxygens (including phenoxy) is 1. The van der Waals surface area contributed by atoms with Crippen LogP contribution in [0.1, 0.15) is 57.8 Å². The predicted octanol–water partition coefficient (Wildman–Crippen LogP) is 2.83. The molecule has 1 aliphatic carbocycles. The Balaban J connectivity index is 1.87. The second kappa shape index (κ2) is 6.74. The fourth-order valence-electron chi connectivity index (χ4n) is 2.75. The van der Waals surface area contributed by atoms with Gasteiger partial charge in [0.1, 0.15) is 5.76 Å². The molecule has 0 bridgehead atoms. The highest BCUT2D eigenvalue weighted by atomic mass is 16.5. The van der Waals surface area contributed by atoms with E-state index in [-0.39, 0.29) is 18.1 Å². The molecule has 0 aromatic carbocycles. The molecule has 0 radical (unpaired) electrons. The van der Waals surface area contributed by atoms with E-state index in [9.17, 15) is 9.59 Å². The van der Waals surface area contributed by atoms with Crippen LogP contribution in [0.25, 0.3) is 0 Å². The molecular formula is C17H18N2O5. The van der Waals surface area contributed by atoms with Crippen LogP contribution in [0.2, 0.25) is 0 Å². The number of furan rings is 2. The van der Waals surface area contributed by atoms with Crippen LogP contribution in [0.3, 0.4) is 0 Å². The maximum Gasteiger partial charge on any atom is 0.374 e. The van der Waals surface area contributed by atoms with Gasteiger partial charge in [0.15, 0.2) is 5.76 Å². The quantitative estimate of drug-likeness (QED) is 0.687. The number of hydrogen-bond acceptors (Lipinski definition) is 6. The zero-order valence-corrected chi connectivity index (χ0v) is 13.5. The highest BCUT2D eigenvalue weighted by Gasteiger charge is 2.28. The van der Waals surface area contributed by atoms with Crippen molar-refractivity contribution in [3.05, 3.63) is 46.8 Å². The van der Waals surface area contributed by atoms with Crippen molar-refractivity contribution in [3.8, 4) is 0 Å². The van der Waals surface area contributed by atoms with E-state index in [2.05, 4.69) is 10.5 Å². The Morgan fingerprint density at radius 2 is 2.21 bits per heavy atom. The average molecular weight is 330 g/mol. The lowest BCUT2D eigenvalue weighted by Gasteiger charge is -2.13. The summed E-state index contributed by atoms with van der Waals surface area (Å²) in [5.74, 6) is 0.183. The lowest BCUT2D eigenvalue weighted by molar-refractivity contribution is 0.0486. The number of esters is 1. The maximum absolute atomic E-state index is 12.0. The summed E-state index contributed by atoms with van der Waals surface area (Å²) in [6, 6.07) is 3.19. The monoisotopic (exact) mass is 330 g/mol. The number of nitrogens with one attached hydrogen (secondary N) is 1. The van der Waals surface area contributed by atoms with Crippen LogP contribution >= 0.6 is 0 Å².